The second kappa shape index (κ2) is 6.38. The summed E-state index contributed by atoms with van der Waals surface area (Å²) < 4.78 is 1.08. The zero-order valence-corrected chi connectivity index (χ0v) is 13.3. The van der Waals surface area contributed by atoms with Gasteiger partial charge in [0.15, 0.2) is 0 Å². The lowest BCUT2D eigenvalue weighted by molar-refractivity contribution is 0.168. The summed E-state index contributed by atoms with van der Waals surface area (Å²) in [7, 11) is 2.20. The van der Waals surface area contributed by atoms with Crippen molar-refractivity contribution < 1.29 is 0 Å². The molecule has 2 rings (SSSR count). The maximum absolute atomic E-state index is 6.20. The van der Waals surface area contributed by atoms with Crippen LogP contribution in [0, 0.1) is 0 Å². The summed E-state index contributed by atoms with van der Waals surface area (Å²) in [6.45, 7) is 4.31. The minimum atomic E-state index is 0.603. The van der Waals surface area contributed by atoms with Gasteiger partial charge in [-0.15, -0.1) is 0 Å². The SMILES string of the molecule is CC1CC(NCc2cc(Br)ccc2Cl)CCN1C. The van der Waals surface area contributed by atoms with Crippen molar-refractivity contribution in [3.05, 3.63) is 33.3 Å². The van der Waals surface area contributed by atoms with Crippen molar-refractivity contribution in [1.82, 2.24) is 10.2 Å². The molecule has 2 unspecified atom stereocenters. The van der Waals surface area contributed by atoms with Crippen LogP contribution in [0.4, 0.5) is 0 Å². The van der Waals surface area contributed by atoms with Crippen LogP contribution in [0.2, 0.25) is 5.02 Å². The van der Waals surface area contributed by atoms with Gasteiger partial charge >= 0.3 is 0 Å². The molecule has 1 aromatic rings. The number of nitrogens with one attached hydrogen (secondary N) is 1. The first-order chi connectivity index (χ1) is 8.56. The van der Waals surface area contributed by atoms with E-state index >= 15 is 0 Å². The largest absolute Gasteiger partial charge is 0.310 e. The van der Waals surface area contributed by atoms with Gasteiger partial charge in [-0.25, -0.2) is 0 Å². The molecule has 0 radical (unpaired) electrons. The van der Waals surface area contributed by atoms with E-state index in [0.29, 0.717) is 12.1 Å². The average Bonchev–Trinajstić information content (AvgIpc) is 2.34. The zero-order valence-electron chi connectivity index (χ0n) is 10.9. The number of benzene rings is 1. The van der Waals surface area contributed by atoms with E-state index in [1.54, 1.807) is 0 Å². The Kier molecular flexibility index (Phi) is 5.07. The van der Waals surface area contributed by atoms with E-state index in [1.807, 2.05) is 12.1 Å². The Morgan fingerprint density at radius 1 is 1.50 bits per heavy atom. The molecule has 0 saturated carbocycles. The predicted molar refractivity (Wildman–Crippen MR) is 81.1 cm³/mol. The van der Waals surface area contributed by atoms with Crippen LogP contribution in [0.25, 0.3) is 0 Å². The molecule has 0 amide bonds. The molecule has 1 N–H and O–H groups in total. The predicted octanol–water partition coefficient (Wildman–Crippen LogP) is 3.67. The van der Waals surface area contributed by atoms with E-state index in [9.17, 15) is 0 Å². The Morgan fingerprint density at radius 2 is 2.28 bits per heavy atom. The number of hydrogen-bond acceptors (Lipinski definition) is 2. The average molecular weight is 332 g/mol. The molecule has 1 fully saturated rings. The zero-order chi connectivity index (χ0) is 13.1. The maximum Gasteiger partial charge on any atom is 0.0451 e. The fraction of sp³-hybridized carbons (Fsp3) is 0.571. The molecule has 0 spiro atoms. The van der Waals surface area contributed by atoms with Gasteiger partial charge in [0.2, 0.25) is 0 Å². The van der Waals surface area contributed by atoms with Gasteiger partial charge in [-0.1, -0.05) is 27.5 Å². The van der Waals surface area contributed by atoms with E-state index in [4.69, 9.17) is 11.6 Å². The van der Waals surface area contributed by atoms with Crippen LogP contribution in [0.1, 0.15) is 25.3 Å². The van der Waals surface area contributed by atoms with Crippen molar-refractivity contribution in [3.63, 3.8) is 0 Å². The highest BCUT2D eigenvalue weighted by atomic mass is 79.9. The van der Waals surface area contributed by atoms with E-state index in [1.165, 1.54) is 19.4 Å². The third-order valence-corrected chi connectivity index (χ3v) is 4.66. The number of hydrogen-bond donors (Lipinski definition) is 1. The molecule has 0 aromatic heterocycles. The molecule has 2 atom stereocenters. The van der Waals surface area contributed by atoms with E-state index in [-0.39, 0.29) is 0 Å². The summed E-state index contributed by atoms with van der Waals surface area (Å²) >= 11 is 9.68. The van der Waals surface area contributed by atoms with Gasteiger partial charge in [0, 0.05) is 28.1 Å². The van der Waals surface area contributed by atoms with Crippen LogP contribution in [0.5, 0.6) is 0 Å². The van der Waals surface area contributed by atoms with Crippen molar-refractivity contribution in [2.75, 3.05) is 13.6 Å². The summed E-state index contributed by atoms with van der Waals surface area (Å²) in [5.41, 5.74) is 1.16. The minimum absolute atomic E-state index is 0.603. The monoisotopic (exact) mass is 330 g/mol. The van der Waals surface area contributed by atoms with Crippen molar-refractivity contribution >= 4 is 27.5 Å². The molecule has 0 bridgehead atoms. The number of rotatable bonds is 3. The van der Waals surface area contributed by atoms with Gasteiger partial charge in [0.1, 0.15) is 0 Å². The lowest BCUT2D eigenvalue weighted by Crippen LogP contribution is -2.45. The third-order valence-electron chi connectivity index (χ3n) is 3.80. The lowest BCUT2D eigenvalue weighted by atomic mass is 9.99. The minimum Gasteiger partial charge on any atom is -0.310 e. The molecule has 1 saturated heterocycles. The van der Waals surface area contributed by atoms with Gasteiger partial charge in [0.05, 0.1) is 0 Å². The first-order valence-corrected chi connectivity index (χ1v) is 7.61. The molecule has 1 heterocycles. The first-order valence-electron chi connectivity index (χ1n) is 6.44. The van der Waals surface area contributed by atoms with Gasteiger partial charge < -0.3 is 10.2 Å². The third kappa shape index (κ3) is 3.70. The van der Waals surface area contributed by atoms with Crippen molar-refractivity contribution in [2.24, 2.45) is 0 Å². The Bertz CT molecular complexity index is 411. The molecule has 1 aliphatic rings. The fourth-order valence-corrected chi connectivity index (χ4v) is 3.00. The summed E-state index contributed by atoms with van der Waals surface area (Å²) in [6, 6.07) is 7.28. The standard InChI is InChI=1S/C14H20BrClN2/c1-10-7-13(5-6-18(10)2)17-9-11-8-12(15)3-4-14(11)16/h3-4,8,10,13,17H,5-7,9H2,1-2H3. The maximum atomic E-state index is 6.20. The molecule has 0 aliphatic carbocycles. The smallest absolute Gasteiger partial charge is 0.0451 e. The van der Waals surface area contributed by atoms with E-state index in [0.717, 1.165) is 21.6 Å². The lowest BCUT2D eigenvalue weighted by Gasteiger charge is -2.35. The summed E-state index contributed by atoms with van der Waals surface area (Å²) in [6.07, 6.45) is 2.43. The summed E-state index contributed by atoms with van der Waals surface area (Å²) in [5.74, 6) is 0. The molecule has 4 heteroatoms. The molecule has 100 valence electrons. The highest BCUT2D eigenvalue weighted by Gasteiger charge is 2.22. The van der Waals surface area contributed by atoms with Gasteiger partial charge in [-0.2, -0.15) is 0 Å². The molecule has 2 nitrogen and oxygen atoms in total. The molecular weight excluding hydrogens is 312 g/mol. The molecule has 1 aliphatic heterocycles. The topological polar surface area (TPSA) is 15.3 Å². The van der Waals surface area contributed by atoms with Crippen molar-refractivity contribution in [3.8, 4) is 0 Å². The van der Waals surface area contributed by atoms with Crippen LogP contribution in [-0.4, -0.2) is 30.6 Å². The Morgan fingerprint density at radius 3 is 3.00 bits per heavy atom. The molecule has 18 heavy (non-hydrogen) atoms. The second-order valence-corrected chi connectivity index (χ2v) is 6.49. The summed E-state index contributed by atoms with van der Waals surface area (Å²) in [5, 5.41) is 4.46. The Hall–Kier alpha value is -0.0900. The van der Waals surface area contributed by atoms with Gasteiger partial charge in [-0.3, -0.25) is 0 Å². The Balaban J connectivity index is 1.90. The molecule has 1 aromatic carbocycles. The Labute approximate surface area is 123 Å². The summed E-state index contributed by atoms with van der Waals surface area (Å²) in [4.78, 5) is 2.42. The van der Waals surface area contributed by atoms with Gasteiger partial charge in [0.25, 0.3) is 0 Å². The normalized spacial score (nSPS) is 25.3. The van der Waals surface area contributed by atoms with Gasteiger partial charge in [-0.05, 0) is 57.1 Å². The van der Waals surface area contributed by atoms with E-state index in [2.05, 4.69) is 46.2 Å². The first kappa shape index (κ1) is 14.3. The highest BCUT2D eigenvalue weighted by molar-refractivity contribution is 9.10. The number of nitrogens with zero attached hydrogens (tertiary/aromatic N) is 1. The van der Waals surface area contributed by atoms with Crippen LogP contribution in [0.15, 0.2) is 22.7 Å². The van der Waals surface area contributed by atoms with Crippen LogP contribution in [-0.2, 0) is 6.54 Å². The number of piperidine rings is 1. The number of halogens is 2. The fourth-order valence-electron chi connectivity index (χ4n) is 2.41. The quantitative estimate of drug-likeness (QED) is 0.909. The van der Waals surface area contributed by atoms with Crippen molar-refractivity contribution in [1.29, 1.82) is 0 Å². The van der Waals surface area contributed by atoms with Crippen molar-refractivity contribution in [2.45, 2.75) is 38.4 Å². The van der Waals surface area contributed by atoms with Crippen LogP contribution < -0.4 is 5.32 Å². The van der Waals surface area contributed by atoms with Crippen LogP contribution in [0.3, 0.4) is 0 Å². The van der Waals surface area contributed by atoms with E-state index < -0.39 is 0 Å². The number of likely N-dealkylation sites (tertiary alicyclic amines) is 1. The second-order valence-electron chi connectivity index (χ2n) is 5.17. The van der Waals surface area contributed by atoms with Crippen LogP contribution >= 0.6 is 27.5 Å². The highest BCUT2D eigenvalue weighted by Crippen LogP contribution is 2.22. The molecular formula is C14H20BrClN2.